The van der Waals surface area contributed by atoms with Crippen LogP contribution in [0.2, 0.25) is 0 Å². The fourth-order valence-corrected chi connectivity index (χ4v) is 2.85. The zero-order valence-corrected chi connectivity index (χ0v) is 15.1. The lowest BCUT2D eigenvalue weighted by Gasteiger charge is -2.14. The molecule has 0 aliphatic carbocycles. The number of rotatable bonds is 6. The van der Waals surface area contributed by atoms with E-state index >= 15 is 0 Å². The molecule has 4 aromatic rings. The summed E-state index contributed by atoms with van der Waals surface area (Å²) in [5.41, 5.74) is 3.75. The molecule has 0 radical (unpaired) electrons. The van der Waals surface area contributed by atoms with E-state index in [1.807, 2.05) is 48.5 Å². The minimum Gasteiger partial charge on any atom is -0.489 e. The van der Waals surface area contributed by atoms with Gasteiger partial charge in [0.2, 0.25) is 0 Å². The summed E-state index contributed by atoms with van der Waals surface area (Å²) in [5, 5.41) is 9.94. The van der Waals surface area contributed by atoms with Gasteiger partial charge in [0.15, 0.2) is 5.82 Å². The molecule has 0 saturated heterocycles. The lowest BCUT2D eigenvalue weighted by atomic mass is 10.0. The number of aliphatic hydroxyl groups excluding tert-OH is 1. The predicted octanol–water partition coefficient (Wildman–Crippen LogP) is 3.67. The highest BCUT2D eigenvalue weighted by molar-refractivity contribution is 5.67. The quantitative estimate of drug-likeness (QED) is 0.558. The van der Waals surface area contributed by atoms with Gasteiger partial charge in [-0.1, -0.05) is 42.5 Å². The van der Waals surface area contributed by atoms with Crippen molar-refractivity contribution in [2.75, 3.05) is 0 Å². The second kappa shape index (κ2) is 8.37. The highest BCUT2D eigenvalue weighted by Crippen LogP contribution is 2.30. The van der Waals surface area contributed by atoms with Crippen molar-refractivity contribution in [2.24, 2.45) is 0 Å². The maximum absolute atomic E-state index is 9.94. The first-order chi connectivity index (χ1) is 13.8. The number of hydrogen-bond acceptors (Lipinski definition) is 6. The number of aromatic nitrogens is 4. The van der Waals surface area contributed by atoms with E-state index < -0.39 is 0 Å². The maximum Gasteiger partial charge on any atom is 0.179 e. The molecular formula is C22H18N4O2. The molecule has 6 nitrogen and oxygen atoms in total. The minimum atomic E-state index is -0.161. The van der Waals surface area contributed by atoms with Gasteiger partial charge in [-0.15, -0.1) is 0 Å². The Labute approximate surface area is 162 Å². The number of ether oxygens (including phenoxy) is 1. The Bertz CT molecular complexity index is 1040. The second-order valence-electron chi connectivity index (χ2n) is 6.07. The Kier molecular flexibility index (Phi) is 5.31. The van der Waals surface area contributed by atoms with Crippen LogP contribution in [0.1, 0.15) is 11.1 Å². The first-order valence-corrected chi connectivity index (χ1v) is 8.84. The van der Waals surface area contributed by atoms with Crippen LogP contribution in [-0.2, 0) is 13.2 Å². The van der Waals surface area contributed by atoms with Gasteiger partial charge in [0.05, 0.1) is 24.7 Å². The zero-order valence-electron chi connectivity index (χ0n) is 15.1. The molecule has 6 heteroatoms. The molecule has 4 rings (SSSR count). The standard InChI is InChI=1S/C22H18N4O2/c27-14-18-17(8-4-9-21(18)28-15-16-6-2-1-3-7-16)19-12-26-20(13-25-19)22-23-10-5-11-24-22/h1-13,27H,14-15H2. The van der Waals surface area contributed by atoms with Gasteiger partial charge in [0, 0.05) is 23.5 Å². The van der Waals surface area contributed by atoms with Gasteiger partial charge in [-0.25, -0.2) is 15.0 Å². The topological polar surface area (TPSA) is 81.0 Å². The number of nitrogens with zero attached hydrogens (tertiary/aromatic N) is 4. The Hall–Kier alpha value is -3.64. The first-order valence-electron chi connectivity index (χ1n) is 8.84. The van der Waals surface area contributed by atoms with E-state index in [1.54, 1.807) is 30.9 Å². The highest BCUT2D eigenvalue weighted by atomic mass is 16.5. The van der Waals surface area contributed by atoms with Crippen LogP contribution in [0.15, 0.2) is 79.4 Å². The average Bonchev–Trinajstić information content (AvgIpc) is 2.79. The summed E-state index contributed by atoms with van der Waals surface area (Å²) in [6.45, 7) is 0.263. The SMILES string of the molecule is OCc1c(OCc2ccccc2)cccc1-c1cnc(-c2ncccn2)cn1. The zero-order chi connectivity index (χ0) is 19.2. The molecule has 0 bridgehead atoms. The molecule has 0 aliphatic rings. The molecule has 2 heterocycles. The molecule has 0 fully saturated rings. The van der Waals surface area contributed by atoms with Crippen LogP contribution in [0.4, 0.5) is 0 Å². The Morgan fingerprint density at radius 3 is 2.21 bits per heavy atom. The minimum absolute atomic E-state index is 0.161. The van der Waals surface area contributed by atoms with Gasteiger partial charge in [0.1, 0.15) is 18.1 Å². The summed E-state index contributed by atoms with van der Waals surface area (Å²) in [7, 11) is 0. The lowest BCUT2D eigenvalue weighted by Crippen LogP contribution is -2.01. The Morgan fingerprint density at radius 2 is 1.50 bits per heavy atom. The van der Waals surface area contributed by atoms with Gasteiger partial charge in [0.25, 0.3) is 0 Å². The van der Waals surface area contributed by atoms with Crippen LogP contribution < -0.4 is 4.74 Å². The maximum atomic E-state index is 9.94. The van der Waals surface area contributed by atoms with Crippen molar-refractivity contribution in [3.05, 3.63) is 90.5 Å². The Balaban J connectivity index is 1.61. The van der Waals surface area contributed by atoms with Crippen LogP contribution in [0.25, 0.3) is 22.8 Å². The van der Waals surface area contributed by atoms with Crippen LogP contribution in [0.5, 0.6) is 5.75 Å². The third-order valence-electron chi connectivity index (χ3n) is 4.25. The van der Waals surface area contributed by atoms with Crippen LogP contribution >= 0.6 is 0 Å². The number of aliphatic hydroxyl groups is 1. The van der Waals surface area contributed by atoms with Gasteiger partial charge in [-0.3, -0.25) is 4.98 Å². The van der Waals surface area contributed by atoms with Crippen molar-refractivity contribution in [1.82, 2.24) is 19.9 Å². The second-order valence-corrected chi connectivity index (χ2v) is 6.07. The van der Waals surface area contributed by atoms with Crippen LogP contribution in [0.3, 0.4) is 0 Å². The van der Waals surface area contributed by atoms with Crippen molar-refractivity contribution in [3.8, 4) is 28.5 Å². The summed E-state index contributed by atoms with van der Waals surface area (Å²) < 4.78 is 5.94. The van der Waals surface area contributed by atoms with E-state index in [-0.39, 0.29) is 6.61 Å². The Morgan fingerprint density at radius 1 is 0.750 bits per heavy atom. The van der Waals surface area contributed by atoms with Crippen molar-refractivity contribution in [2.45, 2.75) is 13.2 Å². The summed E-state index contributed by atoms with van der Waals surface area (Å²) in [5.74, 6) is 1.14. The lowest BCUT2D eigenvalue weighted by molar-refractivity contribution is 0.259. The molecule has 138 valence electrons. The summed E-state index contributed by atoms with van der Waals surface area (Å²) in [4.78, 5) is 17.3. The van der Waals surface area contributed by atoms with E-state index in [9.17, 15) is 5.11 Å². The van der Waals surface area contributed by atoms with Crippen molar-refractivity contribution in [3.63, 3.8) is 0 Å². The molecule has 0 amide bonds. The summed E-state index contributed by atoms with van der Waals surface area (Å²) in [6, 6.07) is 17.3. The molecule has 28 heavy (non-hydrogen) atoms. The third kappa shape index (κ3) is 3.87. The summed E-state index contributed by atoms with van der Waals surface area (Å²) >= 11 is 0. The molecule has 0 atom stereocenters. The van der Waals surface area contributed by atoms with Gasteiger partial charge < -0.3 is 9.84 Å². The van der Waals surface area contributed by atoms with E-state index in [4.69, 9.17) is 4.74 Å². The molecule has 2 aromatic heterocycles. The fraction of sp³-hybridized carbons (Fsp3) is 0.0909. The third-order valence-corrected chi connectivity index (χ3v) is 4.25. The molecule has 2 aromatic carbocycles. The molecule has 0 saturated carbocycles. The monoisotopic (exact) mass is 370 g/mol. The molecule has 0 aliphatic heterocycles. The van der Waals surface area contributed by atoms with E-state index in [1.165, 1.54) is 0 Å². The van der Waals surface area contributed by atoms with Crippen molar-refractivity contribution >= 4 is 0 Å². The fourth-order valence-electron chi connectivity index (χ4n) is 2.85. The van der Waals surface area contributed by atoms with Crippen molar-refractivity contribution in [1.29, 1.82) is 0 Å². The first kappa shape index (κ1) is 17.8. The molecule has 0 unspecified atom stereocenters. The van der Waals surface area contributed by atoms with E-state index in [0.717, 1.165) is 11.1 Å². The number of benzene rings is 2. The van der Waals surface area contributed by atoms with Gasteiger partial charge in [-0.05, 0) is 17.7 Å². The number of hydrogen-bond donors (Lipinski definition) is 1. The van der Waals surface area contributed by atoms with Gasteiger partial charge >= 0.3 is 0 Å². The van der Waals surface area contributed by atoms with Crippen LogP contribution in [0, 0.1) is 0 Å². The molecule has 1 N–H and O–H groups in total. The smallest absolute Gasteiger partial charge is 0.179 e. The van der Waals surface area contributed by atoms with Crippen molar-refractivity contribution < 1.29 is 9.84 Å². The van der Waals surface area contributed by atoms with Crippen LogP contribution in [-0.4, -0.2) is 25.0 Å². The summed E-state index contributed by atoms with van der Waals surface area (Å²) in [6.07, 6.45) is 6.61. The molecular weight excluding hydrogens is 352 g/mol. The van der Waals surface area contributed by atoms with Gasteiger partial charge in [-0.2, -0.15) is 0 Å². The normalized spacial score (nSPS) is 10.6. The molecule has 0 spiro atoms. The predicted molar refractivity (Wildman–Crippen MR) is 105 cm³/mol. The van der Waals surface area contributed by atoms with E-state index in [2.05, 4.69) is 19.9 Å². The average molecular weight is 370 g/mol. The largest absolute Gasteiger partial charge is 0.489 e. The van der Waals surface area contributed by atoms with E-state index in [0.29, 0.717) is 35.1 Å². The highest BCUT2D eigenvalue weighted by Gasteiger charge is 2.13.